The van der Waals surface area contributed by atoms with E-state index >= 15 is 0 Å². The second-order valence-corrected chi connectivity index (χ2v) is 7.61. The SMILES string of the molecule is COCCn1nc(C(=O)NC2CCCCC2C(C)(C)C)ccc1=O. The molecule has 0 spiro atoms. The van der Waals surface area contributed by atoms with E-state index in [-0.39, 0.29) is 28.6 Å². The molecule has 1 aliphatic rings. The first-order chi connectivity index (χ1) is 11.3. The molecule has 0 radical (unpaired) electrons. The number of ether oxygens (including phenoxy) is 1. The lowest BCUT2D eigenvalue weighted by Crippen LogP contribution is -2.47. The first kappa shape index (κ1) is 18.6. The van der Waals surface area contributed by atoms with Crippen molar-refractivity contribution in [2.75, 3.05) is 13.7 Å². The summed E-state index contributed by atoms with van der Waals surface area (Å²) < 4.78 is 6.25. The maximum atomic E-state index is 12.6. The molecule has 6 nitrogen and oxygen atoms in total. The van der Waals surface area contributed by atoms with E-state index in [2.05, 4.69) is 31.2 Å². The Balaban J connectivity index is 2.12. The van der Waals surface area contributed by atoms with Gasteiger partial charge >= 0.3 is 0 Å². The topological polar surface area (TPSA) is 73.2 Å². The van der Waals surface area contributed by atoms with E-state index in [0.29, 0.717) is 19.1 Å². The van der Waals surface area contributed by atoms with Crippen molar-refractivity contribution >= 4 is 5.91 Å². The number of hydrogen-bond acceptors (Lipinski definition) is 4. The summed E-state index contributed by atoms with van der Waals surface area (Å²) in [5.41, 5.74) is 0.209. The molecule has 0 bridgehead atoms. The highest BCUT2D eigenvalue weighted by Gasteiger charge is 2.35. The number of hydrogen-bond donors (Lipinski definition) is 1. The van der Waals surface area contributed by atoms with Gasteiger partial charge in [0, 0.05) is 19.2 Å². The lowest BCUT2D eigenvalue weighted by Gasteiger charge is -2.40. The van der Waals surface area contributed by atoms with Gasteiger partial charge in [0.05, 0.1) is 13.2 Å². The van der Waals surface area contributed by atoms with Crippen LogP contribution < -0.4 is 10.9 Å². The summed E-state index contributed by atoms with van der Waals surface area (Å²) in [5, 5.41) is 7.32. The first-order valence-corrected chi connectivity index (χ1v) is 8.71. The smallest absolute Gasteiger partial charge is 0.271 e. The van der Waals surface area contributed by atoms with E-state index in [1.165, 1.54) is 23.2 Å². The maximum Gasteiger partial charge on any atom is 0.271 e. The molecule has 2 unspecified atom stereocenters. The van der Waals surface area contributed by atoms with E-state index in [1.807, 2.05) is 0 Å². The van der Waals surface area contributed by atoms with E-state index in [9.17, 15) is 9.59 Å². The highest BCUT2D eigenvalue weighted by molar-refractivity contribution is 5.92. The summed E-state index contributed by atoms with van der Waals surface area (Å²) in [6.45, 7) is 7.40. The van der Waals surface area contributed by atoms with Gasteiger partial charge in [0.15, 0.2) is 0 Å². The summed E-state index contributed by atoms with van der Waals surface area (Å²) in [6, 6.07) is 3.04. The van der Waals surface area contributed by atoms with Gasteiger partial charge in [-0.3, -0.25) is 9.59 Å². The minimum absolute atomic E-state index is 0.156. The lowest BCUT2D eigenvalue weighted by atomic mass is 9.69. The minimum Gasteiger partial charge on any atom is -0.383 e. The lowest BCUT2D eigenvalue weighted by molar-refractivity contribution is 0.0822. The van der Waals surface area contributed by atoms with Crippen LogP contribution in [-0.4, -0.2) is 35.4 Å². The van der Waals surface area contributed by atoms with Gasteiger partial charge in [0.1, 0.15) is 5.69 Å². The number of carbonyl (C=O) groups is 1. The Kier molecular flexibility index (Phi) is 6.15. The Morgan fingerprint density at radius 3 is 2.71 bits per heavy atom. The molecule has 2 rings (SSSR count). The van der Waals surface area contributed by atoms with Gasteiger partial charge < -0.3 is 10.1 Å². The zero-order valence-electron chi connectivity index (χ0n) is 15.2. The number of aromatic nitrogens is 2. The molecule has 1 aromatic heterocycles. The number of amides is 1. The van der Waals surface area contributed by atoms with Crippen molar-refractivity contribution < 1.29 is 9.53 Å². The minimum atomic E-state index is -0.228. The van der Waals surface area contributed by atoms with Gasteiger partial charge in [-0.1, -0.05) is 33.6 Å². The van der Waals surface area contributed by atoms with Crippen LogP contribution in [0.2, 0.25) is 0 Å². The molecule has 1 aromatic rings. The van der Waals surface area contributed by atoms with Crippen LogP contribution in [0.25, 0.3) is 0 Å². The van der Waals surface area contributed by atoms with Crippen LogP contribution in [0.15, 0.2) is 16.9 Å². The van der Waals surface area contributed by atoms with Gasteiger partial charge in [0.2, 0.25) is 0 Å². The first-order valence-electron chi connectivity index (χ1n) is 8.71. The number of carbonyl (C=O) groups excluding carboxylic acids is 1. The molecule has 1 heterocycles. The van der Waals surface area contributed by atoms with Crippen molar-refractivity contribution in [3.05, 3.63) is 28.2 Å². The van der Waals surface area contributed by atoms with Crippen molar-refractivity contribution in [3.8, 4) is 0 Å². The molecule has 1 saturated carbocycles. The number of nitrogens with zero attached hydrogens (tertiary/aromatic N) is 2. The van der Waals surface area contributed by atoms with Crippen molar-refractivity contribution in [1.29, 1.82) is 0 Å². The average molecular weight is 335 g/mol. The summed E-state index contributed by atoms with van der Waals surface area (Å²) in [7, 11) is 1.57. The average Bonchev–Trinajstić information content (AvgIpc) is 2.53. The van der Waals surface area contributed by atoms with Crippen LogP contribution in [0, 0.1) is 11.3 Å². The van der Waals surface area contributed by atoms with Gasteiger partial charge in [-0.25, -0.2) is 4.68 Å². The summed E-state index contributed by atoms with van der Waals surface area (Å²) in [5.74, 6) is 0.247. The van der Waals surface area contributed by atoms with Crippen LogP contribution in [0.3, 0.4) is 0 Å². The zero-order valence-corrected chi connectivity index (χ0v) is 15.2. The summed E-state index contributed by atoms with van der Waals surface area (Å²) in [4.78, 5) is 24.4. The van der Waals surface area contributed by atoms with E-state index in [1.54, 1.807) is 7.11 Å². The van der Waals surface area contributed by atoms with Crippen molar-refractivity contribution in [3.63, 3.8) is 0 Å². The summed E-state index contributed by atoms with van der Waals surface area (Å²) in [6.07, 6.45) is 4.49. The van der Waals surface area contributed by atoms with E-state index in [4.69, 9.17) is 4.74 Å². The molecule has 1 N–H and O–H groups in total. The predicted molar refractivity (Wildman–Crippen MR) is 93.0 cm³/mol. The molecule has 6 heteroatoms. The Morgan fingerprint density at radius 1 is 1.33 bits per heavy atom. The van der Waals surface area contributed by atoms with Crippen LogP contribution in [0.5, 0.6) is 0 Å². The number of rotatable bonds is 5. The van der Waals surface area contributed by atoms with E-state index in [0.717, 1.165) is 19.3 Å². The molecule has 134 valence electrons. The quantitative estimate of drug-likeness (QED) is 0.895. The third kappa shape index (κ3) is 4.66. The van der Waals surface area contributed by atoms with Crippen molar-refractivity contribution in [1.82, 2.24) is 15.1 Å². The second-order valence-electron chi connectivity index (χ2n) is 7.61. The fourth-order valence-electron chi connectivity index (χ4n) is 3.49. The molecule has 2 atom stereocenters. The fourth-order valence-corrected chi connectivity index (χ4v) is 3.49. The predicted octanol–water partition coefficient (Wildman–Crippen LogP) is 2.22. The Morgan fingerprint density at radius 2 is 2.04 bits per heavy atom. The number of methoxy groups -OCH3 is 1. The normalized spacial score (nSPS) is 21.5. The fraction of sp³-hybridized carbons (Fsp3) is 0.722. The third-order valence-electron chi connectivity index (χ3n) is 4.80. The summed E-state index contributed by atoms with van der Waals surface area (Å²) >= 11 is 0. The van der Waals surface area contributed by atoms with Gasteiger partial charge in [0.25, 0.3) is 11.5 Å². The van der Waals surface area contributed by atoms with Gasteiger partial charge in [-0.2, -0.15) is 5.10 Å². The molecular formula is C18H29N3O3. The molecule has 1 fully saturated rings. The van der Waals surface area contributed by atoms with Crippen LogP contribution >= 0.6 is 0 Å². The standard InChI is InChI=1S/C18H29N3O3/c1-18(2,3)13-7-5-6-8-14(13)19-17(23)15-9-10-16(22)21(20-15)11-12-24-4/h9-10,13-14H,5-8,11-12H2,1-4H3,(H,19,23). The molecule has 0 aromatic carbocycles. The molecule has 0 saturated heterocycles. The van der Waals surface area contributed by atoms with E-state index < -0.39 is 0 Å². The number of nitrogens with one attached hydrogen (secondary N) is 1. The monoisotopic (exact) mass is 335 g/mol. The molecule has 24 heavy (non-hydrogen) atoms. The van der Waals surface area contributed by atoms with Crippen molar-refractivity contribution in [2.24, 2.45) is 11.3 Å². The molecule has 1 amide bonds. The Hall–Kier alpha value is -1.69. The highest BCUT2D eigenvalue weighted by Crippen LogP contribution is 2.38. The second kappa shape index (κ2) is 7.92. The highest BCUT2D eigenvalue weighted by atomic mass is 16.5. The molecule has 0 aliphatic heterocycles. The van der Waals surface area contributed by atoms with Crippen molar-refractivity contribution in [2.45, 2.75) is 59.0 Å². The van der Waals surface area contributed by atoms with Crippen LogP contribution in [0.1, 0.15) is 56.9 Å². The Bertz CT molecular complexity index is 619. The largest absolute Gasteiger partial charge is 0.383 e. The van der Waals surface area contributed by atoms with Crippen LogP contribution in [0.4, 0.5) is 0 Å². The maximum absolute atomic E-state index is 12.6. The van der Waals surface area contributed by atoms with Crippen LogP contribution in [-0.2, 0) is 11.3 Å². The molecule has 1 aliphatic carbocycles. The van der Waals surface area contributed by atoms with Gasteiger partial charge in [-0.05, 0) is 30.2 Å². The zero-order chi connectivity index (χ0) is 17.7. The molecular weight excluding hydrogens is 306 g/mol. The Labute approximate surface area is 143 Å². The van der Waals surface area contributed by atoms with Gasteiger partial charge in [-0.15, -0.1) is 0 Å². The third-order valence-corrected chi connectivity index (χ3v) is 4.80.